The molecule has 0 aromatic rings. The average molecular weight is 378 g/mol. The minimum Gasteiger partial charge on any atom is -0.394 e. The van der Waals surface area contributed by atoms with Gasteiger partial charge in [-0.15, -0.1) is 0 Å². The van der Waals surface area contributed by atoms with Crippen molar-refractivity contribution in [1.82, 2.24) is 5.32 Å². The Balaban J connectivity index is 4.12. The molecule has 0 radical (unpaired) electrons. The number of unbranched alkanes of at least 4 members (excludes halogenated alkanes) is 8. The molecule has 0 aliphatic heterocycles. The Morgan fingerprint density at radius 2 is 1.31 bits per heavy atom. The number of carbonyl (C=O) groups is 1. The summed E-state index contributed by atoms with van der Waals surface area (Å²) < 4.78 is 0. The summed E-state index contributed by atoms with van der Waals surface area (Å²) in [6.07, 6.45) is 3.89. The van der Waals surface area contributed by atoms with E-state index in [1.54, 1.807) is 0 Å². The smallest absolute Gasteiger partial charge is 0.152 e. The fraction of sp³-hybridized carbons (Fsp3) is 0.947. The van der Waals surface area contributed by atoms with Gasteiger partial charge in [-0.2, -0.15) is 0 Å². The fourth-order valence-corrected chi connectivity index (χ4v) is 3.02. The van der Waals surface area contributed by atoms with Crippen molar-refractivity contribution < 1.29 is 30.3 Å². The van der Waals surface area contributed by atoms with Gasteiger partial charge in [-0.1, -0.05) is 58.3 Å². The quantitative estimate of drug-likeness (QED) is 0.204. The SMILES string of the molecule is CCCCCCCCCCCC(=O)C(NC)[C@H](O)[C@@H](O)[C@H](O)[C@H](O)CO. The summed E-state index contributed by atoms with van der Waals surface area (Å²) >= 11 is 0. The van der Waals surface area contributed by atoms with E-state index in [9.17, 15) is 25.2 Å². The number of nitrogens with one attached hydrogen (secondary N) is 1. The molecular formula is C19H39NO6. The highest BCUT2D eigenvalue weighted by atomic mass is 16.4. The van der Waals surface area contributed by atoms with Gasteiger partial charge >= 0.3 is 0 Å². The minimum absolute atomic E-state index is 0.243. The molecule has 0 aromatic heterocycles. The molecular weight excluding hydrogens is 338 g/mol. The highest BCUT2D eigenvalue weighted by Gasteiger charge is 2.36. The van der Waals surface area contributed by atoms with E-state index >= 15 is 0 Å². The summed E-state index contributed by atoms with van der Waals surface area (Å²) in [7, 11) is 1.49. The van der Waals surface area contributed by atoms with E-state index in [2.05, 4.69) is 12.2 Å². The molecule has 0 fully saturated rings. The van der Waals surface area contributed by atoms with Crippen LogP contribution >= 0.6 is 0 Å². The topological polar surface area (TPSA) is 130 Å². The second kappa shape index (κ2) is 15.5. The summed E-state index contributed by atoms with van der Waals surface area (Å²) in [5.41, 5.74) is 0. The van der Waals surface area contributed by atoms with Crippen molar-refractivity contribution in [2.75, 3.05) is 13.7 Å². The molecule has 0 aliphatic carbocycles. The average Bonchev–Trinajstić information content (AvgIpc) is 2.65. The molecule has 1 unspecified atom stereocenters. The second-order valence-electron chi connectivity index (χ2n) is 7.03. The zero-order valence-electron chi connectivity index (χ0n) is 16.3. The van der Waals surface area contributed by atoms with Crippen LogP contribution in [0.3, 0.4) is 0 Å². The van der Waals surface area contributed by atoms with Crippen molar-refractivity contribution in [2.24, 2.45) is 0 Å². The second-order valence-corrected chi connectivity index (χ2v) is 7.03. The van der Waals surface area contributed by atoms with Crippen LogP contribution in [0.5, 0.6) is 0 Å². The van der Waals surface area contributed by atoms with E-state index in [4.69, 9.17) is 5.11 Å². The molecule has 0 saturated carbocycles. The number of hydrogen-bond acceptors (Lipinski definition) is 7. The van der Waals surface area contributed by atoms with Gasteiger partial charge in [0.1, 0.15) is 24.4 Å². The molecule has 0 amide bonds. The molecule has 0 aromatic carbocycles. The summed E-state index contributed by atoms with van der Waals surface area (Å²) in [5.74, 6) is -0.243. The highest BCUT2D eigenvalue weighted by Crippen LogP contribution is 2.14. The molecule has 0 rings (SSSR count). The van der Waals surface area contributed by atoms with Gasteiger partial charge in [-0.3, -0.25) is 4.79 Å². The lowest BCUT2D eigenvalue weighted by Crippen LogP contribution is -2.55. The van der Waals surface area contributed by atoms with Gasteiger partial charge in [-0.25, -0.2) is 0 Å². The maximum atomic E-state index is 12.3. The molecule has 6 N–H and O–H groups in total. The molecule has 26 heavy (non-hydrogen) atoms. The molecule has 7 nitrogen and oxygen atoms in total. The number of aliphatic hydroxyl groups excluding tert-OH is 5. The van der Waals surface area contributed by atoms with Crippen LogP contribution in [0.4, 0.5) is 0 Å². The van der Waals surface area contributed by atoms with E-state index in [1.165, 1.54) is 45.6 Å². The molecule has 0 bridgehead atoms. The Labute approximate surface area is 157 Å². The predicted molar refractivity (Wildman–Crippen MR) is 101 cm³/mol. The van der Waals surface area contributed by atoms with Gasteiger partial charge in [0.2, 0.25) is 0 Å². The van der Waals surface area contributed by atoms with Crippen LogP contribution in [0.25, 0.3) is 0 Å². The first kappa shape index (κ1) is 25.4. The first-order valence-corrected chi connectivity index (χ1v) is 9.93. The third-order valence-corrected chi connectivity index (χ3v) is 4.81. The first-order valence-electron chi connectivity index (χ1n) is 9.93. The van der Waals surface area contributed by atoms with Gasteiger partial charge in [0.25, 0.3) is 0 Å². The Kier molecular flexibility index (Phi) is 15.1. The lowest BCUT2D eigenvalue weighted by atomic mass is 9.93. The standard InChI is InChI=1S/C19H39NO6/c1-3-4-5-6-7-8-9-10-11-12-14(22)16(20-2)18(25)19(26)17(24)15(23)13-21/h15-21,23-26H,3-13H2,1-2H3/t15-,16?,17-,18+,19+/m1/s1. The van der Waals surface area contributed by atoms with Crippen molar-refractivity contribution in [3.8, 4) is 0 Å². The van der Waals surface area contributed by atoms with E-state index in [-0.39, 0.29) is 12.2 Å². The lowest BCUT2D eigenvalue weighted by molar-refractivity contribution is -0.138. The normalized spacial score (nSPS) is 17.5. The van der Waals surface area contributed by atoms with Crippen molar-refractivity contribution in [3.63, 3.8) is 0 Å². The number of carbonyl (C=O) groups excluding carboxylic acids is 1. The van der Waals surface area contributed by atoms with Gasteiger partial charge < -0.3 is 30.8 Å². The van der Waals surface area contributed by atoms with Crippen molar-refractivity contribution in [2.45, 2.75) is 102 Å². The molecule has 156 valence electrons. The van der Waals surface area contributed by atoms with Crippen LogP contribution in [0, 0.1) is 0 Å². The van der Waals surface area contributed by atoms with Crippen molar-refractivity contribution in [3.05, 3.63) is 0 Å². The maximum Gasteiger partial charge on any atom is 0.152 e. The van der Waals surface area contributed by atoms with Crippen LogP contribution in [0.15, 0.2) is 0 Å². The maximum absolute atomic E-state index is 12.3. The first-order chi connectivity index (χ1) is 12.4. The molecule has 0 aliphatic rings. The summed E-state index contributed by atoms with van der Waals surface area (Å²) in [6.45, 7) is 1.45. The van der Waals surface area contributed by atoms with E-state index in [1.807, 2.05) is 0 Å². The van der Waals surface area contributed by atoms with E-state index < -0.39 is 37.1 Å². The lowest BCUT2D eigenvalue weighted by Gasteiger charge is -2.30. The summed E-state index contributed by atoms with van der Waals surface area (Å²) in [4.78, 5) is 12.3. The van der Waals surface area contributed by atoms with Crippen LogP contribution in [0.1, 0.15) is 71.1 Å². The third kappa shape index (κ3) is 9.94. The number of rotatable bonds is 17. The van der Waals surface area contributed by atoms with Gasteiger partial charge in [0.05, 0.1) is 12.6 Å². The number of aliphatic hydroxyl groups is 5. The van der Waals surface area contributed by atoms with E-state index in [0.29, 0.717) is 0 Å². The Morgan fingerprint density at radius 1 is 0.808 bits per heavy atom. The monoisotopic (exact) mass is 377 g/mol. The number of ketones is 1. The van der Waals surface area contributed by atoms with Crippen molar-refractivity contribution in [1.29, 1.82) is 0 Å². The van der Waals surface area contributed by atoms with Crippen LogP contribution < -0.4 is 5.32 Å². The molecule has 0 spiro atoms. The van der Waals surface area contributed by atoms with Gasteiger partial charge in [0, 0.05) is 6.42 Å². The highest BCUT2D eigenvalue weighted by molar-refractivity contribution is 5.84. The third-order valence-electron chi connectivity index (χ3n) is 4.81. The summed E-state index contributed by atoms with van der Waals surface area (Å²) in [6, 6.07) is -1.03. The zero-order chi connectivity index (χ0) is 19.9. The number of Topliss-reactive ketones (excluding diaryl/α,β-unsaturated/α-hetero) is 1. The predicted octanol–water partition coefficient (Wildman–Crippen LogP) is 0.500. The molecule has 0 heterocycles. The zero-order valence-corrected chi connectivity index (χ0v) is 16.3. The van der Waals surface area contributed by atoms with Crippen LogP contribution in [-0.4, -0.2) is 75.4 Å². The Hall–Kier alpha value is -0.570. The minimum atomic E-state index is -1.73. The van der Waals surface area contributed by atoms with Crippen LogP contribution in [0.2, 0.25) is 0 Å². The van der Waals surface area contributed by atoms with Crippen LogP contribution in [-0.2, 0) is 4.79 Å². The Morgan fingerprint density at radius 3 is 1.77 bits per heavy atom. The number of hydrogen-bond donors (Lipinski definition) is 6. The summed E-state index contributed by atoms with van der Waals surface area (Å²) in [5, 5.41) is 50.5. The largest absolute Gasteiger partial charge is 0.394 e. The Bertz CT molecular complexity index is 355. The van der Waals surface area contributed by atoms with Crippen molar-refractivity contribution >= 4 is 5.78 Å². The van der Waals surface area contributed by atoms with Gasteiger partial charge in [-0.05, 0) is 13.5 Å². The fourth-order valence-electron chi connectivity index (χ4n) is 3.02. The van der Waals surface area contributed by atoms with Gasteiger partial charge in [0.15, 0.2) is 5.78 Å². The van der Waals surface area contributed by atoms with E-state index in [0.717, 1.165) is 19.3 Å². The molecule has 5 atom stereocenters. The number of likely N-dealkylation sites (N-methyl/N-ethyl adjacent to an activating group) is 1. The molecule has 7 heteroatoms. The molecule has 0 saturated heterocycles.